The first kappa shape index (κ1) is 41.0. The monoisotopic (exact) mass is 924 g/mol. The van der Waals surface area contributed by atoms with Crippen LogP contribution in [0.25, 0.3) is 87.7 Å². The minimum Gasteiger partial charge on any atom is -0.452 e. The zero-order valence-electron chi connectivity index (χ0n) is 40.5. The number of para-hydroxylation sites is 2. The van der Waals surface area contributed by atoms with Crippen molar-refractivity contribution in [2.75, 3.05) is 9.80 Å². The Morgan fingerprint density at radius 3 is 1.15 bits per heavy atom. The summed E-state index contributed by atoms with van der Waals surface area (Å²) in [5.41, 5.74) is 20.3. The normalized spacial score (nSPS) is 14.1. The van der Waals surface area contributed by atoms with E-state index in [1.807, 2.05) is 0 Å². The third kappa shape index (κ3) is 5.75. The van der Waals surface area contributed by atoms with Crippen molar-refractivity contribution < 1.29 is 8.83 Å². The summed E-state index contributed by atoms with van der Waals surface area (Å²) in [6.45, 7) is 9.37. The van der Waals surface area contributed by atoms with E-state index in [0.29, 0.717) is 0 Å². The first-order valence-corrected chi connectivity index (χ1v) is 25.1. The van der Waals surface area contributed by atoms with Gasteiger partial charge in [-0.25, -0.2) is 0 Å². The lowest BCUT2D eigenvalue weighted by Gasteiger charge is -2.29. The number of benzene rings is 11. The van der Waals surface area contributed by atoms with E-state index < -0.39 is 0 Å². The van der Waals surface area contributed by atoms with Crippen LogP contribution >= 0.6 is 0 Å². The van der Waals surface area contributed by atoms with E-state index >= 15 is 0 Å². The zero-order valence-corrected chi connectivity index (χ0v) is 40.5. The van der Waals surface area contributed by atoms with Gasteiger partial charge in [0.2, 0.25) is 0 Å². The van der Waals surface area contributed by atoms with Gasteiger partial charge in [-0.3, -0.25) is 0 Å². The molecule has 72 heavy (non-hydrogen) atoms. The first-order valence-electron chi connectivity index (χ1n) is 25.1. The van der Waals surface area contributed by atoms with Gasteiger partial charge in [-0.1, -0.05) is 149 Å². The van der Waals surface area contributed by atoms with Gasteiger partial charge in [-0.15, -0.1) is 0 Å². The van der Waals surface area contributed by atoms with Crippen LogP contribution in [0.1, 0.15) is 49.9 Å². The maximum atomic E-state index is 6.90. The number of fused-ring (bicyclic) bond motifs is 15. The quantitative estimate of drug-likeness (QED) is 0.166. The molecule has 4 nitrogen and oxygen atoms in total. The van der Waals surface area contributed by atoms with Crippen LogP contribution in [0, 0.1) is 0 Å². The molecule has 0 saturated heterocycles. The summed E-state index contributed by atoms with van der Waals surface area (Å²) in [7, 11) is 0. The van der Waals surface area contributed by atoms with Crippen molar-refractivity contribution in [2.45, 2.75) is 38.5 Å². The molecular weight excluding hydrogens is 877 g/mol. The van der Waals surface area contributed by atoms with Crippen molar-refractivity contribution in [1.82, 2.24) is 0 Å². The van der Waals surface area contributed by atoms with Crippen molar-refractivity contribution in [3.63, 3.8) is 0 Å². The molecule has 0 atom stereocenters. The Hall–Kier alpha value is -8.86. The second kappa shape index (κ2) is 14.8. The Morgan fingerprint density at radius 2 is 0.708 bits per heavy atom. The minimum atomic E-state index is -0.109. The average molecular weight is 925 g/mol. The Morgan fingerprint density at radius 1 is 0.306 bits per heavy atom. The highest BCUT2D eigenvalue weighted by Crippen LogP contribution is 2.56. The second-order valence-electron chi connectivity index (χ2n) is 20.9. The van der Waals surface area contributed by atoms with Gasteiger partial charge in [0, 0.05) is 66.3 Å². The van der Waals surface area contributed by atoms with Crippen LogP contribution < -0.4 is 9.80 Å². The molecule has 0 radical (unpaired) electrons. The lowest BCUT2D eigenvalue weighted by Crippen LogP contribution is -2.16. The maximum Gasteiger partial charge on any atom is 0.178 e. The van der Waals surface area contributed by atoms with Gasteiger partial charge >= 0.3 is 0 Å². The SMILES string of the molecule is CC1(C)c2ccccc2-c2c(N(c3ccccc3)c3ccc4cc5c(cc4c3)oc3c5ccc4c5cc6ccc(N(c7ccccc7)c7cccc8c7-c7ccccc7C8(C)C)cc6cc5oc43)cccc21. The van der Waals surface area contributed by atoms with Crippen LogP contribution in [0.4, 0.5) is 34.1 Å². The molecule has 11 aromatic carbocycles. The zero-order chi connectivity index (χ0) is 48.0. The molecule has 0 aliphatic heterocycles. The fourth-order valence-corrected chi connectivity index (χ4v) is 12.7. The fraction of sp³-hybridized carbons (Fsp3) is 0.0882. The van der Waals surface area contributed by atoms with Gasteiger partial charge < -0.3 is 18.6 Å². The second-order valence-corrected chi connectivity index (χ2v) is 20.9. The highest BCUT2D eigenvalue weighted by Gasteiger charge is 2.39. The largest absolute Gasteiger partial charge is 0.452 e. The van der Waals surface area contributed by atoms with Gasteiger partial charge in [-0.05, 0) is 152 Å². The molecule has 0 fully saturated rings. The number of nitrogens with zero attached hydrogens (tertiary/aromatic N) is 2. The van der Waals surface area contributed by atoms with Crippen LogP contribution in [-0.4, -0.2) is 0 Å². The Labute approximate surface area is 417 Å². The number of hydrogen-bond donors (Lipinski definition) is 0. The van der Waals surface area contributed by atoms with E-state index in [-0.39, 0.29) is 10.8 Å². The molecule has 0 amide bonds. The van der Waals surface area contributed by atoms with Crippen LogP contribution in [-0.2, 0) is 10.8 Å². The third-order valence-corrected chi connectivity index (χ3v) is 16.2. The molecule has 2 aliphatic carbocycles. The van der Waals surface area contributed by atoms with Crippen molar-refractivity contribution in [3.05, 3.63) is 241 Å². The Balaban J connectivity index is 0.852. The van der Waals surface area contributed by atoms with Crippen molar-refractivity contribution in [2.24, 2.45) is 0 Å². The lowest BCUT2D eigenvalue weighted by molar-refractivity contribution is 0.634. The van der Waals surface area contributed by atoms with Gasteiger partial charge in [0.05, 0.1) is 11.4 Å². The highest BCUT2D eigenvalue weighted by molar-refractivity contribution is 6.21. The number of rotatable bonds is 6. The summed E-state index contributed by atoms with van der Waals surface area (Å²) in [4.78, 5) is 4.83. The van der Waals surface area contributed by atoms with E-state index in [1.54, 1.807) is 0 Å². The van der Waals surface area contributed by atoms with E-state index in [9.17, 15) is 0 Å². The summed E-state index contributed by atoms with van der Waals surface area (Å²) in [5.74, 6) is 0. The maximum absolute atomic E-state index is 6.90. The molecule has 0 unspecified atom stereocenters. The van der Waals surface area contributed by atoms with Crippen molar-refractivity contribution in [3.8, 4) is 22.3 Å². The molecule has 2 aliphatic rings. The van der Waals surface area contributed by atoms with Crippen molar-refractivity contribution in [1.29, 1.82) is 0 Å². The van der Waals surface area contributed by atoms with E-state index in [0.717, 1.165) is 88.2 Å². The molecule has 0 N–H and O–H groups in total. The predicted molar refractivity (Wildman–Crippen MR) is 301 cm³/mol. The number of hydrogen-bond acceptors (Lipinski definition) is 4. The average Bonchev–Trinajstić information content (AvgIpc) is 4.10. The predicted octanol–water partition coefficient (Wildman–Crippen LogP) is 19.3. The molecule has 0 bridgehead atoms. The summed E-state index contributed by atoms with van der Waals surface area (Å²) >= 11 is 0. The molecule has 0 spiro atoms. The van der Waals surface area contributed by atoms with E-state index in [2.05, 4.69) is 256 Å². The standard InChI is InChI=1S/C68H48N2O2/c1-67(2)55-23-13-11-21-51(55)63-57(67)25-15-27-59(63)69(45-17-7-5-8-18-45)47-31-29-41-37-53-49-33-34-50-54-38-42-30-32-48(36-44(42)40-62(54)72-66(50)65(49)71-61(53)39-43(41)35-47)70(46-19-9-6-10-20-46)60-28-16-26-58-64(60)52-22-12-14-24-56(52)68(58,3)4/h5-40H,1-4H3. The fourth-order valence-electron chi connectivity index (χ4n) is 12.7. The van der Waals surface area contributed by atoms with Gasteiger partial charge in [0.25, 0.3) is 0 Å². The summed E-state index contributed by atoms with van der Waals surface area (Å²) < 4.78 is 13.8. The molecule has 2 aromatic heterocycles. The number of furan rings is 2. The highest BCUT2D eigenvalue weighted by atomic mass is 16.4. The molecule has 15 rings (SSSR count). The summed E-state index contributed by atoms with van der Waals surface area (Å²) in [6.07, 6.45) is 0. The summed E-state index contributed by atoms with van der Waals surface area (Å²) in [6, 6.07) is 79.8. The van der Waals surface area contributed by atoms with Gasteiger partial charge in [-0.2, -0.15) is 0 Å². The first-order chi connectivity index (χ1) is 35.2. The molecule has 4 heteroatoms. The minimum absolute atomic E-state index is 0.109. The van der Waals surface area contributed by atoms with Gasteiger partial charge in [0.1, 0.15) is 11.2 Å². The topological polar surface area (TPSA) is 32.8 Å². The van der Waals surface area contributed by atoms with Crippen LogP contribution in [0.5, 0.6) is 0 Å². The Kier molecular flexibility index (Phi) is 8.44. The van der Waals surface area contributed by atoms with Crippen molar-refractivity contribution >= 4 is 99.5 Å². The van der Waals surface area contributed by atoms with Gasteiger partial charge in [0.15, 0.2) is 11.2 Å². The van der Waals surface area contributed by atoms with Crippen LogP contribution in [0.2, 0.25) is 0 Å². The van der Waals surface area contributed by atoms with Crippen LogP contribution in [0.15, 0.2) is 227 Å². The molecule has 0 saturated carbocycles. The Bertz CT molecular complexity index is 4120. The smallest absolute Gasteiger partial charge is 0.178 e. The van der Waals surface area contributed by atoms with E-state index in [1.165, 1.54) is 55.9 Å². The number of anilines is 6. The molecular formula is C68H48N2O2. The molecule has 342 valence electrons. The lowest BCUT2D eigenvalue weighted by atomic mass is 9.82. The third-order valence-electron chi connectivity index (χ3n) is 16.2. The molecule has 13 aromatic rings. The molecule has 2 heterocycles. The van der Waals surface area contributed by atoms with E-state index in [4.69, 9.17) is 8.83 Å². The van der Waals surface area contributed by atoms with Crippen LogP contribution in [0.3, 0.4) is 0 Å². The summed E-state index contributed by atoms with van der Waals surface area (Å²) in [5, 5.41) is 8.74.